The molecule has 0 aliphatic rings. The molecule has 0 aromatic rings. The minimum Gasteiger partial charge on any atom is -0.462 e. The van der Waals surface area contributed by atoms with E-state index in [0.29, 0.717) is 23.9 Å². The number of phosphoric ester groups is 1. The zero-order chi connectivity index (χ0) is 40.7. The third-order valence-corrected chi connectivity index (χ3v) is 9.75. The highest BCUT2D eigenvalue weighted by molar-refractivity contribution is 7.47. The van der Waals surface area contributed by atoms with Crippen LogP contribution >= 0.6 is 7.82 Å². The van der Waals surface area contributed by atoms with E-state index in [9.17, 15) is 19.0 Å². The average molecular weight is 795 g/mol. The molecule has 0 aromatic carbocycles. The number of carbonyl (C=O) groups excluding carboxylic acids is 2. The fourth-order valence-electron chi connectivity index (χ4n) is 5.33. The molecular formula is C45H81NO8P+. The third kappa shape index (κ3) is 41.2. The van der Waals surface area contributed by atoms with Crippen molar-refractivity contribution < 1.29 is 42.1 Å². The number of rotatable bonds is 38. The minimum absolute atomic E-state index is 0.0223. The van der Waals surface area contributed by atoms with Crippen LogP contribution < -0.4 is 0 Å². The fraction of sp³-hybridized carbons (Fsp3) is 0.733. The van der Waals surface area contributed by atoms with Gasteiger partial charge in [0, 0.05) is 12.8 Å². The molecule has 0 aliphatic carbocycles. The standard InChI is InChI=1S/C45H80NO8P/c1-6-8-10-12-14-16-18-20-22-23-24-26-27-29-31-33-35-37-44(47)51-41-43(42-53-55(49,50)52-40-39-46(3,4)5)54-45(48)38-36-34-32-30-28-25-21-19-17-15-13-11-9-7-2/h13-16,19-22,24,26,43H,6-12,17-18,23,25,27-42H2,1-5H3/p+1/b15-13-,16-14-,21-19-,22-20-,26-24-/t43-/m1/s1. The Morgan fingerprint density at radius 1 is 0.564 bits per heavy atom. The largest absolute Gasteiger partial charge is 0.472 e. The van der Waals surface area contributed by atoms with Crippen LogP contribution in [0.3, 0.4) is 0 Å². The van der Waals surface area contributed by atoms with E-state index in [1.807, 2.05) is 21.1 Å². The molecule has 0 fully saturated rings. The number of quaternary nitrogens is 1. The number of hydrogen-bond acceptors (Lipinski definition) is 7. The molecule has 2 atom stereocenters. The van der Waals surface area contributed by atoms with Crippen molar-refractivity contribution in [3.8, 4) is 0 Å². The second kappa shape index (κ2) is 37.3. The summed E-state index contributed by atoms with van der Waals surface area (Å²) >= 11 is 0. The zero-order valence-corrected chi connectivity index (χ0v) is 36.5. The van der Waals surface area contributed by atoms with Crippen LogP contribution in [0.2, 0.25) is 0 Å². The monoisotopic (exact) mass is 795 g/mol. The quantitative estimate of drug-likeness (QED) is 0.0216. The topological polar surface area (TPSA) is 108 Å². The number of allylic oxidation sites excluding steroid dienone is 10. The van der Waals surface area contributed by atoms with Crippen LogP contribution in [-0.4, -0.2) is 74.9 Å². The van der Waals surface area contributed by atoms with E-state index in [2.05, 4.69) is 74.6 Å². The molecule has 318 valence electrons. The Balaban J connectivity index is 4.45. The zero-order valence-electron chi connectivity index (χ0n) is 35.6. The number of esters is 2. The summed E-state index contributed by atoms with van der Waals surface area (Å²) in [5.41, 5.74) is 0. The first-order chi connectivity index (χ1) is 26.5. The van der Waals surface area contributed by atoms with Gasteiger partial charge in [0.25, 0.3) is 0 Å². The summed E-state index contributed by atoms with van der Waals surface area (Å²) < 4.78 is 34.2. The van der Waals surface area contributed by atoms with Crippen LogP contribution in [0.4, 0.5) is 0 Å². The first-order valence-corrected chi connectivity index (χ1v) is 23.0. The Hall–Kier alpha value is -2.29. The molecule has 0 bridgehead atoms. The molecule has 9 nitrogen and oxygen atoms in total. The number of unbranched alkanes of at least 4 members (excludes halogenated alkanes) is 14. The Labute approximate surface area is 336 Å². The number of ether oxygens (including phenoxy) is 2. The lowest BCUT2D eigenvalue weighted by Crippen LogP contribution is -2.37. The Morgan fingerprint density at radius 3 is 1.51 bits per heavy atom. The lowest BCUT2D eigenvalue weighted by Gasteiger charge is -2.24. The van der Waals surface area contributed by atoms with Crippen LogP contribution in [-0.2, 0) is 32.7 Å². The van der Waals surface area contributed by atoms with Crippen molar-refractivity contribution in [3.63, 3.8) is 0 Å². The lowest BCUT2D eigenvalue weighted by atomic mass is 10.1. The van der Waals surface area contributed by atoms with Gasteiger partial charge in [-0.1, -0.05) is 132 Å². The van der Waals surface area contributed by atoms with E-state index >= 15 is 0 Å². The Bertz CT molecular complexity index is 1120. The van der Waals surface area contributed by atoms with E-state index in [1.165, 1.54) is 38.5 Å². The molecule has 1 N–H and O–H groups in total. The maximum absolute atomic E-state index is 12.7. The van der Waals surface area contributed by atoms with Gasteiger partial charge in [0.2, 0.25) is 0 Å². The second-order valence-electron chi connectivity index (χ2n) is 15.4. The molecule has 0 spiro atoms. The van der Waals surface area contributed by atoms with Gasteiger partial charge in [-0.3, -0.25) is 18.6 Å². The smallest absolute Gasteiger partial charge is 0.462 e. The summed E-state index contributed by atoms with van der Waals surface area (Å²) in [7, 11) is 1.44. The minimum atomic E-state index is -4.38. The highest BCUT2D eigenvalue weighted by atomic mass is 31.2. The van der Waals surface area contributed by atoms with E-state index in [-0.39, 0.29) is 26.1 Å². The van der Waals surface area contributed by atoms with E-state index in [0.717, 1.165) is 83.5 Å². The number of carbonyl (C=O) groups is 2. The van der Waals surface area contributed by atoms with Crippen molar-refractivity contribution in [2.75, 3.05) is 47.5 Å². The molecule has 0 saturated heterocycles. The molecule has 0 saturated carbocycles. The summed E-state index contributed by atoms with van der Waals surface area (Å²) in [5.74, 6) is -0.845. The Kier molecular flexibility index (Phi) is 35.7. The second-order valence-corrected chi connectivity index (χ2v) is 16.8. The van der Waals surface area contributed by atoms with E-state index in [4.69, 9.17) is 18.5 Å². The molecule has 0 radical (unpaired) electrons. The maximum atomic E-state index is 12.7. The van der Waals surface area contributed by atoms with Crippen molar-refractivity contribution in [1.82, 2.24) is 0 Å². The first-order valence-electron chi connectivity index (χ1n) is 21.5. The van der Waals surface area contributed by atoms with Gasteiger partial charge in [0.15, 0.2) is 6.10 Å². The van der Waals surface area contributed by atoms with Crippen LogP contribution in [0.5, 0.6) is 0 Å². The molecule has 1 unspecified atom stereocenters. The van der Waals surface area contributed by atoms with E-state index < -0.39 is 32.5 Å². The maximum Gasteiger partial charge on any atom is 0.472 e. The van der Waals surface area contributed by atoms with Crippen LogP contribution in [0.15, 0.2) is 60.8 Å². The molecular weight excluding hydrogens is 713 g/mol. The molecule has 10 heteroatoms. The van der Waals surface area contributed by atoms with Crippen molar-refractivity contribution in [1.29, 1.82) is 0 Å². The normalized spacial score (nSPS) is 14.2. The van der Waals surface area contributed by atoms with Crippen molar-refractivity contribution in [2.45, 2.75) is 168 Å². The summed E-state index contributed by atoms with van der Waals surface area (Å²) in [5, 5.41) is 0. The fourth-order valence-corrected chi connectivity index (χ4v) is 6.07. The molecule has 0 aliphatic heterocycles. The number of nitrogens with zero attached hydrogens (tertiary/aromatic N) is 1. The van der Waals surface area contributed by atoms with Crippen LogP contribution in [0.1, 0.15) is 162 Å². The lowest BCUT2D eigenvalue weighted by molar-refractivity contribution is -0.870. The van der Waals surface area contributed by atoms with Gasteiger partial charge in [-0.2, -0.15) is 0 Å². The summed E-state index contributed by atoms with van der Waals surface area (Å²) in [6.07, 6.45) is 44.0. The van der Waals surface area contributed by atoms with Gasteiger partial charge in [-0.05, 0) is 77.0 Å². The molecule has 0 amide bonds. The predicted octanol–water partition coefficient (Wildman–Crippen LogP) is 12.1. The highest BCUT2D eigenvalue weighted by Gasteiger charge is 2.27. The number of likely N-dealkylation sites (N-methyl/N-ethyl adjacent to an activating group) is 1. The molecule has 0 aromatic heterocycles. The first kappa shape index (κ1) is 52.7. The number of hydrogen-bond donors (Lipinski definition) is 1. The van der Waals surface area contributed by atoms with Gasteiger partial charge >= 0.3 is 19.8 Å². The van der Waals surface area contributed by atoms with Gasteiger partial charge < -0.3 is 18.9 Å². The van der Waals surface area contributed by atoms with Gasteiger partial charge in [-0.25, -0.2) is 4.57 Å². The van der Waals surface area contributed by atoms with Crippen LogP contribution in [0, 0.1) is 0 Å². The summed E-state index contributed by atoms with van der Waals surface area (Å²) in [6.45, 7) is 4.29. The SMILES string of the molecule is CCCC/C=C\C/C=C\CCCCCCCC(=O)O[C@H](COC(=O)CCCCCC/C=C\C/C=C\C/C=C\CCCCC)COP(=O)(O)OCC[N+](C)(C)C. The predicted molar refractivity (Wildman–Crippen MR) is 229 cm³/mol. The average Bonchev–Trinajstić information content (AvgIpc) is 3.13. The van der Waals surface area contributed by atoms with Crippen molar-refractivity contribution in [3.05, 3.63) is 60.8 Å². The molecule has 55 heavy (non-hydrogen) atoms. The van der Waals surface area contributed by atoms with Crippen LogP contribution in [0.25, 0.3) is 0 Å². The number of phosphoric acid groups is 1. The highest BCUT2D eigenvalue weighted by Crippen LogP contribution is 2.43. The third-order valence-electron chi connectivity index (χ3n) is 8.77. The van der Waals surface area contributed by atoms with Crippen molar-refractivity contribution in [2.24, 2.45) is 0 Å². The summed E-state index contributed by atoms with van der Waals surface area (Å²) in [6, 6.07) is 0. The van der Waals surface area contributed by atoms with E-state index in [1.54, 1.807) is 0 Å². The molecule has 0 heterocycles. The van der Waals surface area contributed by atoms with Crippen molar-refractivity contribution >= 4 is 19.8 Å². The Morgan fingerprint density at radius 2 is 1.00 bits per heavy atom. The molecule has 0 rings (SSSR count). The van der Waals surface area contributed by atoms with Gasteiger partial charge in [0.1, 0.15) is 19.8 Å². The summed E-state index contributed by atoms with van der Waals surface area (Å²) in [4.78, 5) is 35.3. The van der Waals surface area contributed by atoms with Gasteiger partial charge in [-0.15, -0.1) is 0 Å². The van der Waals surface area contributed by atoms with Gasteiger partial charge in [0.05, 0.1) is 27.7 Å².